The quantitative estimate of drug-likeness (QED) is 0.293. The zero-order valence-corrected chi connectivity index (χ0v) is 20.1. The van der Waals surface area contributed by atoms with Crippen LogP contribution in [0.25, 0.3) is 16.9 Å². The molecule has 0 radical (unpaired) electrons. The van der Waals surface area contributed by atoms with Crippen molar-refractivity contribution >= 4 is 29.2 Å². The van der Waals surface area contributed by atoms with Crippen molar-refractivity contribution in [2.75, 3.05) is 5.32 Å². The number of amides is 1. The second kappa shape index (κ2) is 10.2. The maximum absolute atomic E-state index is 14.2. The third kappa shape index (κ3) is 5.23. The Hall–Kier alpha value is -4.17. The van der Waals surface area contributed by atoms with Crippen molar-refractivity contribution in [3.8, 4) is 22.7 Å². The zero-order chi connectivity index (χ0) is 26.0. The van der Waals surface area contributed by atoms with E-state index in [9.17, 15) is 23.5 Å². The second-order valence-electron chi connectivity index (χ2n) is 8.09. The number of nitrogens with zero attached hydrogens (tertiary/aromatic N) is 1. The Morgan fingerprint density at radius 2 is 1.83 bits per heavy atom. The van der Waals surface area contributed by atoms with Gasteiger partial charge >= 0.3 is 5.97 Å². The number of ether oxygens (including phenoxy) is 1. The first-order chi connectivity index (χ1) is 17.1. The van der Waals surface area contributed by atoms with Gasteiger partial charge < -0.3 is 19.7 Å². The molecule has 0 saturated carbocycles. The third-order valence-electron chi connectivity index (χ3n) is 5.45. The molecule has 0 saturated heterocycles. The lowest BCUT2D eigenvalue weighted by molar-refractivity contribution is -0.114. The Labute approximate surface area is 210 Å². The highest BCUT2D eigenvalue weighted by atomic mass is 35.5. The van der Waals surface area contributed by atoms with Crippen LogP contribution in [0.5, 0.6) is 5.75 Å². The minimum atomic E-state index is -1.15. The summed E-state index contributed by atoms with van der Waals surface area (Å²) in [5, 5.41) is 12.6. The molecule has 6 nitrogen and oxygen atoms in total. The highest BCUT2D eigenvalue weighted by Crippen LogP contribution is 2.37. The van der Waals surface area contributed by atoms with E-state index in [1.807, 2.05) is 19.1 Å². The van der Waals surface area contributed by atoms with E-state index >= 15 is 0 Å². The van der Waals surface area contributed by atoms with E-state index in [0.717, 1.165) is 11.8 Å². The number of aryl methyl sites for hydroxylation is 1. The normalized spacial score (nSPS) is 10.8. The van der Waals surface area contributed by atoms with E-state index in [1.54, 1.807) is 28.8 Å². The monoisotopic (exact) mass is 510 g/mol. The van der Waals surface area contributed by atoms with Gasteiger partial charge in [-0.25, -0.2) is 13.6 Å². The summed E-state index contributed by atoms with van der Waals surface area (Å²) in [7, 11) is 0. The molecule has 0 fully saturated rings. The largest absolute Gasteiger partial charge is 0.488 e. The van der Waals surface area contributed by atoms with Crippen LogP contribution < -0.4 is 10.1 Å². The molecular weight excluding hydrogens is 490 g/mol. The molecule has 3 aromatic carbocycles. The number of aromatic nitrogens is 1. The minimum Gasteiger partial charge on any atom is -0.488 e. The van der Waals surface area contributed by atoms with Gasteiger partial charge in [0.25, 0.3) is 0 Å². The first-order valence-corrected chi connectivity index (χ1v) is 11.2. The molecule has 1 heterocycles. The highest BCUT2D eigenvalue weighted by molar-refractivity contribution is 6.31. The fourth-order valence-corrected chi connectivity index (χ4v) is 4.05. The first-order valence-electron chi connectivity index (χ1n) is 10.8. The van der Waals surface area contributed by atoms with Gasteiger partial charge in [0.05, 0.1) is 11.3 Å². The maximum atomic E-state index is 14.2. The van der Waals surface area contributed by atoms with Crippen LogP contribution in [0.4, 0.5) is 14.5 Å². The number of halogens is 3. The van der Waals surface area contributed by atoms with Crippen molar-refractivity contribution in [1.82, 2.24) is 4.57 Å². The number of hydrogen-bond acceptors (Lipinski definition) is 3. The number of benzene rings is 3. The van der Waals surface area contributed by atoms with Gasteiger partial charge in [-0.3, -0.25) is 4.79 Å². The average Bonchev–Trinajstić information content (AvgIpc) is 3.21. The van der Waals surface area contributed by atoms with Gasteiger partial charge in [-0.05, 0) is 61.5 Å². The number of nitrogens with one attached hydrogen (secondary N) is 1. The van der Waals surface area contributed by atoms with E-state index in [1.165, 1.54) is 31.2 Å². The Kier molecular flexibility index (Phi) is 7.07. The number of carbonyl (C=O) groups excluding carboxylic acids is 1. The highest BCUT2D eigenvalue weighted by Gasteiger charge is 2.18. The van der Waals surface area contributed by atoms with Crippen LogP contribution in [0, 0.1) is 18.6 Å². The van der Waals surface area contributed by atoms with Crippen molar-refractivity contribution < 1.29 is 28.2 Å². The average molecular weight is 511 g/mol. The predicted molar refractivity (Wildman–Crippen MR) is 133 cm³/mol. The van der Waals surface area contributed by atoms with E-state index < -0.39 is 17.6 Å². The molecule has 1 aromatic heterocycles. The standard InChI is InChI=1S/C27H21ClF2N2O4/c1-15-6-8-24(32(15)21-11-18(27(34)35)10-20(13-21)31-16(2)33)22-12-19(28)7-9-25(22)36-14-17-4-3-5-23(29)26(17)30/h3-13H,14H2,1-2H3,(H,31,33)(H,34,35). The fourth-order valence-electron chi connectivity index (χ4n) is 3.87. The lowest BCUT2D eigenvalue weighted by Gasteiger charge is -2.17. The number of carboxylic acids is 1. The summed E-state index contributed by atoms with van der Waals surface area (Å²) in [6.07, 6.45) is 0. The van der Waals surface area contributed by atoms with Gasteiger partial charge in [-0.1, -0.05) is 23.7 Å². The fraction of sp³-hybridized carbons (Fsp3) is 0.111. The molecule has 184 valence electrons. The van der Waals surface area contributed by atoms with Crippen LogP contribution in [-0.4, -0.2) is 21.6 Å². The molecule has 1 amide bonds. The molecule has 2 N–H and O–H groups in total. The molecule has 0 atom stereocenters. The van der Waals surface area contributed by atoms with Crippen LogP contribution in [0.2, 0.25) is 5.02 Å². The third-order valence-corrected chi connectivity index (χ3v) is 5.69. The van der Waals surface area contributed by atoms with Crippen LogP contribution >= 0.6 is 11.6 Å². The van der Waals surface area contributed by atoms with Gasteiger partial charge in [0, 0.05) is 40.1 Å². The van der Waals surface area contributed by atoms with Gasteiger partial charge in [-0.2, -0.15) is 0 Å². The lowest BCUT2D eigenvalue weighted by atomic mass is 10.1. The van der Waals surface area contributed by atoms with E-state index in [0.29, 0.717) is 33.4 Å². The van der Waals surface area contributed by atoms with Crippen molar-refractivity contribution in [2.24, 2.45) is 0 Å². The number of aromatic carboxylic acids is 1. The van der Waals surface area contributed by atoms with E-state index in [4.69, 9.17) is 16.3 Å². The molecule has 0 unspecified atom stereocenters. The van der Waals surface area contributed by atoms with Crippen molar-refractivity contribution in [2.45, 2.75) is 20.5 Å². The Balaban J connectivity index is 1.81. The minimum absolute atomic E-state index is 0.0144. The van der Waals surface area contributed by atoms with Gasteiger partial charge in [-0.15, -0.1) is 0 Å². The first kappa shape index (κ1) is 24.9. The van der Waals surface area contributed by atoms with Crippen LogP contribution in [0.3, 0.4) is 0 Å². The summed E-state index contributed by atoms with van der Waals surface area (Å²) in [5.74, 6) is -3.09. The SMILES string of the molecule is CC(=O)Nc1cc(C(=O)O)cc(-n2c(C)ccc2-c2cc(Cl)ccc2OCc2cccc(F)c2F)c1. The Bertz CT molecular complexity index is 1480. The van der Waals surface area contributed by atoms with Crippen molar-refractivity contribution in [3.05, 3.63) is 100 Å². The molecule has 4 aromatic rings. The van der Waals surface area contributed by atoms with Crippen LogP contribution in [0.1, 0.15) is 28.5 Å². The number of carboxylic acid groups (broad SMARTS) is 1. The van der Waals surface area contributed by atoms with Gasteiger partial charge in [0.1, 0.15) is 12.4 Å². The topological polar surface area (TPSA) is 80.6 Å². The summed E-state index contributed by atoms with van der Waals surface area (Å²) < 4.78 is 35.4. The summed E-state index contributed by atoms with van der Waals surface area (Å²) in [6.45, 7) is 2.94. The Morgan fingerprint density at radius 1 is 1.06 bits per heavy atom. The van der Waals surface area contributed by atoms with Crippen molar-refractivity contribution in [3.63, 3.8) is 0 Å². The summed E-state index contributed by atoms with van der Waals surface area (Å²) in [5.41, 5.74) is 2.77. The molecular formula is C27H21ClF2N2O4. The van der Waals surface area contributed by atoms with E-state index in [-0.39, 0.29) is 23.6 Å². The Morgan fingerprint density at radius 3 is 2.56 bits per heavy atom. The molecule has 0 bridgehead atoms. The zero-order valence-electron chi connectivity index (χ0n) is 19.3. The number of rotatable bonds is 7. The van der Waals surface area contributed by atoms with Gasteiger partial charge in [0.2, 0.25) is 5.91 Å². The van der Waals surface area contributed by atoms with Crippen LogP contribution in [-0.2, 0) is 11.4 Å². The van der Waals surface area contributed by atoms with E-state index in [2.05, 4.69) is 5.32 Å². The second-order valence-corrected chi connectivity index (χ2v) is 8.53. The summed E-state index contributed by atoms with van der Waals surface area (Å²) in [4.78, 5) is 23.4. The molecule has 4 rings (SSSR count). The smallest absolute Gasteiger partial charge is 0.335 e. The van der Waals surface area contributed by atoms with Crippen LogP contribution in [0.15, 0.2) is 66.7 Å². The molecule has 0 aliphatic rings. The predicted octanol–water partition coefficient (Wildman–Crippen LogP) is 6.62. The molecule has 36 heavy (non-hydrogen) atoms. The lowest BCUT2D eigenvalue weighted by Crippen LogP contribution is -2.09. The number of hydrogen-bond donors (Lipinski definition) is 2. The number of carbonyl (C=O) groups is 2. The molecule has 0 aliphatic carbocycles. The molecule has 0 spiro atoms. The summed E-state index contributed by atoms with van der Waals surface area (Å²) in [6, 6.07) is 16.9. The summed E-state index contributed by atoms with van der Waals surface area (Å²) >= 11 is 6.28. The maximum Gasteiger partial charge on any atom is 0.335 e. The number of anilines is 1. The molecule has 0 aliphatic heterocycles. The molecule has 9 heteroatoms. The van der Waals surface area contributed by atoms with Gasteiger partial charge in [0.15, 0.2) is 11.6 Å². The van der Waals surface area contributed by atoms with Crippen molar-refractivity contribution in [1.29, 1.82) is 0 Å².